The highest BCUT2D eigenvalue weighted by molar-refractivity contribution is 5.94. The van der Waals surface area contributed by atoms with Gasteiger partial charge in [0.25, 0.3) is 5.91 Å². The number of carboxylic acid groups (broad SMARTS) is 1. The van der Waals surface area contributed by atoms with Gasteiger partial charge in [0.1, 0.15) is 5.75 Å². The van der Waals surface area contributed by atoms with Crippen molar-refractivity contribution in [1.82, 2.24) is 0 Å². The number of aromatic carboxylic acids is 1. The molecule has 9 heteroatoms. The second kappa shape index (κ2) is 11.2. The number of para-hydroxylation sites is 3. The molecule has 3 aromatic carbocycles. The fraction of sp³-hybridized carbons (Fsp3) is 0.125. The first-order valence-electron chi connectivity index (χ1n) is 9.87. The standard InChI is InChI=1S/C24H23N3O6/c1-31-20-10-6-5-9-19(20)26-23(28)15-33-21-12-11-16(13-22(21)32-2)14-25-27-18-8-4-3-7-17(18)24(29)30/h3-14,27H,15H2,1-2H3,(H,26,28)(H,29,30)/b25-14+. The van der Waals surface area contributed by atoms with Gasteiger partial charge in [-0.25, -0.2) is 4.79 Å². The van der Waals surface area contributed by atoms with Crippen LogP contribution in [0.4, 0.5) is 11.4 Å². The number of anilines is 2. The molecule has 0 atom stereocenters. The number of benzene rings is 3. The number of hydrazone groups is 1. The molecule has 1 amide bonds. The van der Waals surface area contributed by atoms with Gasteiger partial charge in [0.05, 0.1) is 37.4 Å². The summed E-state index contributed by atoms with van der Waals surface area (Å²) in [5.74, 6) is -0.0599. The highest BCUT2D eigenvalue weighted by Gasteiger charge is 2.11. The van der Waals surface area contributed by atoms with Gasteiger partial charge in [-0.3, -0.25) is 10.2 Å². The summed E-state index contributed by atoms with van der Waals surface area (Å²) in [6.45, 7) is -0.227. The van der Waals surface area contributed by atoms with Crippen LogP contribution in [0, 0.1) is 0 Å². The molecular weight excluding hydrogens is 426 g/mol. The first-order valence-corrected chi connectivity index (χ1v) is 9.87. The molecule has 0 aromatic heterocycles. The van der Waals surface area contributed by atoms with Crippen molar-refractivity contribution in [1.29, 1.82) is 0 Å². The molecule has 0 saturated heterocycles. The van der Waals surface area contributed by atoms with E-state index in [0.29, 0.717) is 34.2 Å². The molecule has 170 valence electrons. The first-order chi connectivity index (χ1) is 16.0. The molecule has 0 aliphatic carbocycles. The van der Waals surface area contributed by atoms with Gasteiger partial charge >= 0.3 is 5.97 Å². The van der Waals surface area contributed by atoms with Gasteiger partial charge in [0, 0.05) is 0 Å². The van der Waals surface area contributed by atoms with Crippen molar-refractivity contribution < 1.29 is 28.9 Å². The monoisotopic (exact) mass is 449 g/mol. The lowest BCUT2D eigenvalue weighted by Crippen LogP contribution is -2.20. The average Bonchev–Trinajstić information content (AvgIpc) is 2.83. The largest absolute Gasteiger partial charge is 0.495 e. The smallest absolute Gasteiger partial charge is 0.337 e. The van der Waals surface area contributed by atoms with E-state index < -0.39 is 5.97 Å². The highest BCUT2D eigenvalue weighted by Crippen LogP contribution is 2.28. The predicted octanol–water partition coefficient (Wildman–Crippen LogP) is 3.87. The zero-order valence-electron chi connectivity index (χ0n) is 18.1. The summed E-state index contributed by atoms with van der Waals surface area (Å²) < 4.78 is 16.2. The number of methoxy groups -OCH3 is 2. The van der Waals surface area contributed by atoms with E-state index in [4.69, 9.17) is 14.2 Å². The molecular formula is C24H23N3O6. The highest BCUT2D eigenvalue weighted by atomic mass is 16.5. The number of ether oxygens (including phenoxy) is 3. The van der Waals surface area contributed by atoms with E-state index in [1.54, 1.807) is 60.7 Å². The number of nitrogens with zero attached hydrogens (tertiary/aromatic N) is 1. The van der Waals surface area contributed by atoms with Crippen molar-refractivity contribution in [3.8, 4) is 17.2 Å². The predicted molar refractivity (Wildman–Crippen MR) is 125 cm³/mol. The van der Waals surface area contributed by atoms with Gasteiger partial charge in [0.15, 0.2) is 18.1 Å². The summed E-state index contributed by atoms with van der Waals surface area (Å²) in [5.41, 5.74) is 4.43. The van der Waals surface area contributed by atoms with Crippen LogP contribution in [0.1, 0.15) is 15.9 Å². The van der Waals surface area contributed by atoms with Crippen LogP contribution in [-0.4, -0.2) is 44.0 Å². The quantitative estimate of drug-likeness (QED) is 0.318. The Hall–Kier alpha value is -4.53. The molecule has 0 aliphatic heterocycles. The number of hydrogen-bond donors (Lipinski definition) is 3. The summed E-state index contributed by atoms with van der Waals surface area (Å²) in [5, 5.41) is 16.0. The fourth-order valence-corrected chi connectivity index (χ4v) is 2.90. The number of hydrogen-bond acceptors (Lipinski definition) is 7. The number of carbonyl (C=O) groups is 2. The van der Waals surface area contributed by atoms with Gasteiger partial charge in [-0.2, -0.15) is 5.10 Å². The van der Waals surface area contributed by atoms with E-state index in [0.717, 1.165) is 0 Å². The Kier molecular flexibility index (Phi) is 7.85. The first kappa shape index (κ1) is 23.1. The summed E-state index contributed by atoms with van der Waals surface area (Å²) in [6, 6.07) is 18.6. The molecule has 0 unspecified atom stereocenters. The van der Waals surface area contributed by atoms with Crippen molar-refractivity contribution in [3.05, 3.63) is 77.9 Å². The fourth-order valence-electron chi connectivity index (χ4n) is 2.90. The lowest BCUT2D eigenvalue weighted by Gasteiger charge is -2.12. The SMILES string of the molecule is COc1ccccc1NC(=O)COc1ccc(/C=N/Nc2ccccc2C(=O)O)cc1OC. The third-order valence-corrected chi connectivity index (χ3v) is 4.48. The van der Waals surface area contributed by atoms with E-state index in [1.165, 1.54) is 26.5 Å². The Balaban J connectivity index is 1.62. The Labute approximate surface area is 190 Å². The minimum absolute atomic E-state index is 0.113. The zero-order chi connectivity index (χ0) is 23.6. The molecule has 9 nitrogen and oxygen atoms in total. The lowest BCUT2D eigenvalue weighted by atomic mass is 10.2. The van der Waals surface area contributed by atoms with Gasteiger partial charge in [-0.05, 0) is 48.0 Å². The van der Waals surface area contributed by atoms with Crippen LogP contribution in [0.2, 0.25) is 0 Å². The number of amides is 1. The van der Waals surface area contributed by atoms with Gasteiger partial charge in [0.2, 0.25) is 0 Å². The Morgan fingerprint density at radius 2 is 1.61 bits per heavy atom. The Morgan fingerprint density at radius 1 is 0.909 bits per heavy atom. The van der Waals surface area contributed by atoms with Crippen molar-refractivity contribution in [2.45, 2.75) is 0 Å². The minimum Gasteiger partial charge on any atom is -0.495 e. The van der Waals surface area contributed by atoms with Crippen molar-refractivity contribution in [3.63, 3.8) is 0 Å². The van der Waals surface area contributed by atoms with E-state index in [2.05, 4.69) is 15.8 Å². The van der Waals surface area contributed by atoms with E-state index >= 15 is 0 Å². The van der Waals surface area contributed by atoms with Crippen LogP contribution in [0.25, 0.3) is 0 Å². The molecule has 0 radical (unpaired) electrons. The number of carbonyl (C=O) groups excluding carboxylic acids is 1. The van der Waals surface area contributed by atoms with Crippen LogP contribution in [0.3, 0.4) is 0 Å². The van der Waals surface area contributed by atoms with Crippen LogP contribution in [0.15, 0.2) is 71.8 Å². The van der Waals surface area contributed by atoms with E-state index in [-0.39, 0.29) is 18.1 Å². The molecule has 0 fully saturated rings. The zero-order valence-corrected chi connectivity index (χ0v) is 18.1. The Morgan fingerprint density at radius 3 is 2.33 bits per heavy atom. The second-order valence-corrected chi connectivity index (χ2v) is 6.67. The summed E-state index contributed by atoms with van der Waals surface area (Å²) in [4.78, 5) is 23.5. The molecule has 3 aromatic rings. The van der Waals surface area contributed by atoms with Crippen molar-refractivity contribution in [2.24, 2.45) is 5.10 Å². The molecule has 3 N–H and O–H groups in total. The average molecular weight is 449 g/mol. The summed E-state index contributed by atoms with van der Waals surface area (Å²) >= 11 is 0. The third-order valence-electron chi connectivity index (χ3n) is 4.48. The molecule has 0 aliphatic rings. The lowest BCUT2D eigenvalue weighted by molar-refractivity contribution is -0.118. The Bertz CT molecular complexity index is 1160. The molecule has 0 saturated carbocycles. The van der Waals surface area contributed by atoms with E-state index in [9.17, 15) is 14.7 Å². The summed E-state index contributed by atoms with van der Waals surface area (Å²) in [6.07, 6.45) is 1.51. The van der Waals surface area contributed by atoms with Crippen LogP contribution in [-0.2, 0) is 4.79 Å². The molecule has 0 heterocycles. The third kappa shape index (κ3) is 6.23. The van der Waals surface area contributed by atoms with Gasteiger partial charge < -0.3 is 24.6 Å². The van der Waals surface area contributed by atoms with E-state index in [1.807, 2.05) is 0 Å². The normalized spacial score (nSPS) is 10.5. The minimum atomic E-state index is -1.05. The second-order valence-electron chi connectivity index (χ2n) is 6.67. The molecule has 33 heavy (non-hydrogen) atoms. The number of nitrogens with one attached hydrogen (secondary N) is 2. The topological polar surface area (TPSA) is 118 Å². The number of carboxylic acids is 1. The molecule has 0 spiro atoms. The van der Waals surface area contributed by atoms with Gasteiger partial charge in [-0.1, -0.05) is 24.3 Å². The maximum atomic E-state index is 12.3. The van der Waals surface area contributed by atoms with Crippen molar-refractivity contribution >= 4 is 29.5 Å². The maximum Gasteiger partial charge on any atom is 0.337 e. The summed E-state index contributed by atoms with van der Waals surface area (Å²) in [7, 11) is 3.01. The molecule has 3 rings (SSSR count). The van der Waals surface area contributed by atoms with Crippen LogP contribution in [0.5, 0.6) is 17.2 Å². The van der Waals surface area contributed by atoms with Crippen LogP contribution >= 0.6 is 0 Å². The van der Waals surface area contributed by atoms with Crippen LogP contribution < -0.4 is 25.0 Å². The molecule has 0 bridgehead atoms. The number of rotatable bonds is 10. The maximum absolute atomic E-state index is 12.3. The van der Waals surface area contributed by atoms with Crippen molar-refractivity contribution in [2.75, 3.05) is 31.6 Å². The van der Waals surface area contributed by atoms with Gasteiger partial charge in [-0.15, -0.1) is 0 Å².